The van der Waals surface area contributed by atoms with Crippen molar-refractivity contribution in [3.05, 3.63) is 269 Å². The van der Waals surface area contributed by atoms with Crippen molar-refractivity contribution >= 4 is 17.1 Å². The lowest BCUT2D eigenvalue weighted by molar-refractivity contribution is 0.436. The van der Waals surface area contributed by atoms with Crippen LogP contribution in [0.1, 0.15) is 44.5 Å². The molecule has 2 heteroatoms. The molecule has 0 aromatic heterocycles. The molecule has 3 aliphatic rings. The van der Waals surface area contributed by atoms with Crippen LogP contribution in [0.2, 0.25) is 0 Å². The number of nitrogens with zero attached hydrogens (tertiary/aromatic N) is 1. The van der Waals surface area contributed by atoms with Crippen LogP contribution in [0.5, 0.6) is 11.5 Å². The lowest BCUT2D eigenvalue weighted by Crippen LogP contribution is -2.32. The molecular weight excluding hydrogens is 703 g/mol. The number of fused-ring (bicyclic) bond motifs is 12. The fraction of sp³-hybridized carbons (Fsp3) is 0.0357. The Balaban J connectivity index is 1.20. The fourth-order valence-corrected chi connectivity index (χ4v) is 10.7. The van der Waals surface area contributed by atoms with E-state index < -0.39 is 10.8 Å². The van der Waals surface area contributed by atoms with Gasteiger partial charge in [0, 0.05) is 22.4 Å². The van der Waals surface area contributed by atoms with Gasteiger partial charge in [0.15, 0.2) is 0 Å². The summed E-state index contributed by atoms with van der Waals surface area (Å²) in [6.45, 7) is 0. The number of benzene rings is 9. The predicted octanol–water partition coefficient (Wildman–Crippen LogP) is 14.0. The monoisotopic (exact) mass is 739 g/mol. The average molecular weight is 740 g/mol. The van der Waals surface area contributed by atoms with Gasteiger partial charge < -0.3 is 9.64 Å². The molecule has 0 saturated carbocycles. The maximum Gasteiger partial charge on any atom is 0.132 e. The Kier molecular flexibility index (Phi) is 7.09. The van der Waals surface area contributed by atoms with Gasteiger partial charge in [0.1, 0.15) is 11.5 Å². The van der Waals surface area contributed by atoms with Gasteiger partial charge in [0.2, 0.25) is 0 Å². The van der Waals surface area contributed by atoms with Gasteiger partial charge in [-0.25, -0.2) is 0 Å². The van der Waals surface area contributed by atoms with E-state index in [-0.39, 0.29) is 0 Å². The van der Waals surface area contributed by atoms with E-state index in [1.165, 1.54) is 55.6 Å². The van der Waals surface area contributed by atoms with E-state index >= 15 is 0 Å². The average Bonchev–Trinajstić information content (AvgIpc) is 3.77. The molecular formula is C56H37NO. The Morgan fingerprint density at radius 1 is 0.293 bits per heavy atom. The molecule has 0 atom stereocenters. The minimum atomic E-state index is -0.590. The second kappa shape index (κ2) is 12.5. The van der Waals surface area contributed by atoms with Crippen molar-refractivity contribution in [2.24, 2.45) is 0 Å². The van der Waals surface area contributed by atoms with Crippen LogP contribution in [-0.4, -0.2) is 0 Å². The lowest BCUT2D eigenvalue weighted by Gasteiger charge is -2.40. The van der Waals surface area contributed by atoms with Crippen LogP contribution in [0.4, 0.5) is 17.1 Å². The van der Waals surface area contributed by atoms with Gasteiger partial charge in [-0.1, -0.05) is 188 Å². The highest BCUT2D eigenvalue weighted by atomic mass is 16.5. The second-order valence-corrected chi connectivity index (χ2v) is 15.5. The Labute approximate surface area is 338 Å². The summed E-state index contributed by atoms with van der Waals surface area (Å²) in [4.78, 5) is 2.52. The molecule has 272 valence electrons. The van der Waals surface area contributed by atoms with Gasteiger partial charge in [-0.05, 0) is 86.5 Å². The molecule has 2 aliphatic carbocycles. The number of hydrogen-bond acceptors (Lipinski definition) is 2. The first-order valence-corrected chi connectivity index (χ1v) is 20.1. The molecule has 0 N–H and O–H groups in total. The maximum atomic E-state index is 6.68. The normalized spacial score (nSPS) is 14.3. The number of anilines is 3. The molecule has 1 spiro atoms. The third kappa shape index (κ3) is 4.27. The molecule has 1 aliphatic heterocycles. The van der Waals surface area contributed by atoms with Crippen LogP contribution in [0, 0.1) is 0 Å². The number of hydrogen-bond donors (Lipinski definition) is 0. The topological polar surface area (TPSA) is 12.5 Å². The van der Waals surface area contributed by atoms with Crippen molar-refractivity contribution < 1.29 is 4.74 Å². The van der Waals surface area contributed by atoms with Crippen LogP contribution >= 0.6 is 0 Å². The first-order valence-electron chi connectivity index (χ1n) is 20.1. The second-order valence-electron chi connectivity index (χ2n) is 15.5. The molecule has 9 aromatic carbocycles. The number of ether oxygens (including phenoxy) is 1. The van der Waals surface area contributed by atoms with Crippen LogP contribution in [0.3, 0.4) is 0 Å². The Morgan fingerprint density at radius 3 is 1.34 bits per heavy atom. The fourth-order valence-electron chi connectivity index (χ4n) is 10.7. The highest BCUT2D eigenvalue weighted by Gasteiger charge is 2.52. The van der Waals surface area contributed by atoms with Crippen molar-refractivity contribution in [1.29, 1.82) is 0 Å². The highest BCUT2D eigenvalue weighted by Crippen LogP contribution is 2.65. The van der Waals surface area contributed by atoms with Crippen molar-refractivity contribution in [2.45, 2.75) is 10.8 Å². The molecule has 0 radical (unpaired) electrons. The first kappa shape index (κ1) is 32.8. The molecule has 9 aromatic rings. The standard InChI is InChI=1S/C56H37NO/c1-3-20-38(21-4-1)55(43-27-10-7-24-40(43)41-25-8-11-28-44(41)55)46-30-13-16-34-50(46)57(39-22-5-2-6-23-39)51-35-19-33-49-54(51)42-26-9-12-29-45(42)56(49)47-31-14-17-36-52(47)58-53-37-18-15-32-48(53)56/h1-37H. The van der Waals surface area contributed by atoms with Gasteiger partial charge in [0.25, 0.3) is 0 Å². The molecule has 12 rings (SSSR count). The smallest absolute Gasteiger partial charge is 0.132 e. The van der Waals surface area contributed by atoms with Crippen molar-refractivity contribution in [2.75, 3.05) is 4.90 Å². The quantitative estimate of drug-likeness (QED) is 0.174. The molecule has 0 fully saturated rings. The zero-order valence-electron chi connectivity index (χ0n) is 31.7. The largest absolute Gasteiger partial charge is 0.457 e. The Hall–Kier alpha value is -7.42. The number of rotatable bonds is 5. The summed E-state index contributed by atoms with van der Waals surface area (Å²) in [6.07, 6.45) is 0. The van der Waals surface area contributed by atoms with Crippen LogP contribution < -0.4 is 9.64 Å². The van der Waals surface area contributed by atoms with E-state index in [4.69, 9.17) is 4.74 Å². The minimum Gasteiger partial charge on any atom is -0.457 e. The van der Waals surface area contributed by atoms with E-state index in [9.17, 15) is 0 Å². The summed E-state index contributed by atoms with van der Waals surface area (Å²) in [5.74, 6) is 1.78. The van der Waals surface area contributed by atoms with Crippen molar-refractivity contribution in [3.63, 3.8) is 0 Å². The van der Waals surface area contributed by atoms with E-state index in [0.29, 0.717) is 0 Å². The summed E-state index contributed by atoms with van der Waals surface area (Å²) in [7, 11) is 0. The van der Waals surface area contributed by atoms with Crippen LogP contribution in [0.25, 0.3) is 22.3 Å². The summed E-state index contributed by atoms with van der Waals surface area (Å²) >= 11 is 0. The van der Waals surface area contributed by atoms with Gasteiger partial charge in [-0.15, -0.1) is 0 Å². The summed E-state index contributed by atoms with van der Waals surface area (Å²) in [6, 6.07) is 82.3. The van der Waals surface area contributed by atoms with Gasteiger partial charge >= 0.3 is 0 Å². The predicted molar refractivity (Wildman–Crippen MR) is 236 cm³/mol. The van der Waals surface area contributed by atoms with Gasteiger partial charge in [-0.3, -0.25) is 0 Å². The summed E-state index contributed by atoms with van der Waals surface area (Å²) in [5, 5.41) is 0. The van der Waals surface area contributed by atoms with Crippen molar-refractivity contribution in [3.8, 4) is 33.8 Å². The summed E-state index contributed by atoms with van der Waals surface area (Å²) < 4.78 is 6.68. The minimum absolute atomic E-state index is 0.580. The molecule has 0 saturated heterocycles. The van der Waals surface area contributed by atoms with E-state index in [0.717, 1.165) is 39.7 Å². The Morgan fingerprint density at radius 2 is 0.724 bits per heavy atom. The van der Waals surface area contributed by atoms with Gasteiger partial charge in [0.05, 0.1) is 22.2 Å². The zero-order valence-corrected chi connectivity index (χ0v) is 31.7. The van der Waals surface area contributed by atoms with Crippen molar-refractivity contribution in [1.82, 2.24) is 0 Å². The molecule has 0 amide bonds. The lowest BCUT2D eigenvalue weighted by atomic mass is 9.66. The van der Waals surface area contributed by atoms with Gasteiger partial charge in [-0.2, -0.15) is 0 Å². The molecule has 0 unspecified atom stereocenters. The van der Waals surface area contributed by atoms with E-state index in [1.54, 1.807) is 0 Å². The van der Waals surface area contributed by atoms with Crippen LogP contribution in [0.15, 0.2) is 224 Å². The van der Waals surface area contributed by atoms with E-state index in [1.807, 2.05) is 0 Å². The SMILES string of the molecule is c1ccc(N(c2ccccc2C2(c3ccccc3)c3ccccc3-c3ccccc32)c2cccc3c2-c2ccccc2C32c3ccccc3Oc3ccccc32)cc1. The van der Waals surface area contributed by atoms with Crippen LogP contribution in [-0.2, 0) is 10.8 Å². The summed E-state index contributed by atoms with van der Waals surface area (Å²) in [5.41, 5.74) is 17.1. The number of para-hydroxylation sites is 4. The maximum absolute atomic E-state index is 6.68. The Bertz CT molecular complexity index is 2960. The molecule has 1 heterocycles. The molecule has 58 heavy (non-hydrogen) atoms. The molecule has 0 bridgehead atoms. The highest BCUT2D eigenvalue weighted by molar-refractivity contribution is 5.99. The zero-order chi connectivity index (χ0) is 38.3. The third-order valence-electron chi connectivity index (χ3n) is 12.8. The van der Waals surface area contributed by atoms with E-state index in [2.05, 4.69) is 229 Å². The molecule has 2 nitrogen and oxygen atoms in total. The first-order chi connectivity index (χ1) is 28.8. The third-order valence-corrected chi connectivity index (χ3v) is 12.8.